The van der Waals surface area contributed by atoms with Crippen molar-refractivity contribution in [1.29, 1.82) is 0 Å². The summed E-state index contributed by atoms with van der Waals surface area (Å²) in [6.45, 7) is 4.62. The maximum Gasteiger partial charge on any atom is 0.146 e. The van der Waals surface area contributed by atoms with Crippen molar-refractivity contribution in [2.24, 2.45) is 5.41 Å². The van der Waals surface area contributed by atoms with Gasteiger partial charge in [-0.1, -0.05) is 29.8 Å². The van der Waals surface area contributed by atoms with E-state index in [9.17, 15) is 4.39 Å². The van der Waals surface area contributed by atoms with Crippen LogP contribution in [0.15, 0.2) is 22.7 Å². The number of benzene rings is 1. The smallest absolute Gasteiger partial charge is 0.146 e. The van der Waals surface area contributed by atoms with Crippen molar-refractivity contribution in [3.8, 4) is 0 Å². The molecule has 2 rings (SSSR count). The molecule has 0 spiro atoms. The third-order valence-corrected chi connectivity index (χ3v) is 4.12. The SMILES string of the molecule is CC1(C)CCC(Nc2cc(Br)ccc2F)CC1. The average molecular weight is 300 g/mol. The largest absolute Gasteiger partial charge is 0.380 e. The lowest BCUT2D eigenvalue weighted by Gasteiger charge is -2.35. The fraction of sp³-hybridized carbons (Fsp3) is 0.571. The van der Waals surface area contributed by atoms with E-state index in [0.717, 1.165) is 17.3 Å². The minimum atomic E-state index is -0.168. The van der Waals surface area contributed by atoms with Crippen LogP contribution < -0.4 is 5.32 Å². The number of hydrogen-bond donors (Lipinski definition) is 1. The Kier molecular flexibility index (Phi) is 3.76. The second kappa shape index (κ2) is 4.97. The van der Waals surface area contributed by atoms with Crippen LogP contribution in [0.3, 0.4) is 0 Å². The van der Waals surface area contributed by atoms with Crippen molar-refractivity contribution in [1.82, 2.24) is 0 Å². The zero-order chi connectivity index (χ0) is 12.5. The molecule has 0 aromatic heterocycles. The molecule has 0 bridgehead atoms. The Bertz CT molecular complexity index is 393. The molecule has 3 heteroatoms. The Morgan fingerprint density at radius 1 is 1.29 bits per heavy atom. The molecule has 17 heavy (non-hydrogen) atoms. The van der Waals surface area contributed by atoms with Gasteiger partial charge in [0.25, 0.3) is 0 Å². The van der Waals surface area contributed by atoms with Crippen molar-refractivity contribution in [3.05, 3.63) is 28.5 Å². The lowest BCUT2D eigenvalue weighted by molar-refractivity contribution is 0.232. The van der Waals surface area contributed by atoms with Gasteiger partial charge in [-0.25, -0.2) is 4.39 Å². The molecule has 1 aliphatic carbocycles. The van der Waals surface area contributed by atoms with Crippen LogP contribution in [-0.4, -0.2) is 6.04 Å². The molecule has 1 aromatic rings. The van der Waals surface area contributed by atoms with Crippen molar-refractivity contribution in [2.45, 2.75) is 45.6 Å². The van der Waals surface area contributed by atoms with Crippen LogP contribution in [0, 0.1) is 11.2 Å². The highest BCUT2D eigenvalue weighted by molar-refractivity contribution is 9.10. The molecular formula is C14H19BrFN. The summed E-state index contributed by atoms with van der Waals surface area (Å²) in [7, 11) is 0. The maximum atomic E-state index is 13.6. The van der Waals surface area contributed by atoms with Gasteiger partial charge in [-0.3, -0.25) is 0 Å². The Morgan fingerprint density at radius 2 is 1.94 bits per heavy atom. The molecule has 0 heterocycles. The molecule has 1 nitrogen and oxygen atoms in total. The molecule has 0 radical (unpaired) electrons. The van der Waals surface area contributed by atoms with Gasteiger partial charge in [0.05, 0.1) is 5.69 Å². The summed E-state index contributed by atoms with van der Waals surface area (Å²) in [5.41, 5.74) is 1.07. The van der Waals surface area contributed by atoms with E-state index in [2.05, 4.69) is 35.1 Å². The summed E-state index contributed by atoms with van der Waals surface area (Å²) in [5, 5.41) is 3.32. The van der Waals surface area contributed by atoms with Gasteiger partial charge < -0.3 is 5.32 Å². The van der Waals surface area contributed by atoms with E-state index in [0.29, 0.717) is 17.1 Å². The van der Waals surface area contributed by atoms with Crippen molar-refractivity contribution < 1.29 is 4.39 Å². The number of anilines is 1. The number of halogens is 2. The highest BCUT2D eigenvalue weighted by Gasteiger charge is 2.26. The predicted molar refractivity (Wildman–Crippen MR) is 73.8 cm³/mol. The fourth-order valence-electron chi connectivity index (χ4n) is 2.37. The first-order chi connectivity index (χ1) is 7.96. The Labute approximate surface area is 111 Å². The first kappa shape index (κ1) is 12.9. The topological polar surface area (TPSA) is 12.0 Å². The Hall–Kier alpha value is -0.570. The standard InChI is InChI=1S/C14H19BrFN/c1-14(2)7-5-11(6-8-14)17-13-9-10(15)3-4-12(13)16/h3-4,9,11,17H,5-8H2,1-2H3. The van der Waals surface area contributed by atoms with Crippen LogP contribution in [0.4, 0.5) is 10.1 Å². The van der Waals surface area contributed by atoms with Crippen LogP contribution in [-0.2, 0) is 0 Å². The molecule has 1 aromatic carbocycles. The zero-order valence-corrected chi connectivity index (χ0v) is 12.0. The van der Waals surface area contributed by atoms with E-state index in [4.69, 9.17) is 0 Å². The lowest BCUT2D eigenvalue weighted by atomic mass is 9.75. The maximum absolute atomic E-state index is 13.6. The van der Waals surface area contributed by atoms with Crippen LogP contribution in [0.25, 0.3) is 0 Å². The molecule has 0 atom stereocenters. The zero-order valence-electron chi connectivity index (χ0n) is 10.4. The van der Waals surface area contributed by atoms with Gasteiger partial charge in [0.2, 0.25) is 0 Å². The normalized spacial score (nSPS) is 20.2. The monoisotopic (exact) mass is 299 g/mol. The van der Waals surface area contributed by atoms with Gasteiger partial charge in [0.1, 0.15) is 5.82 Å². The molecule has 0 saturated heterocycles. The quantitative estimate of drug-likeness (QED) is 0.813. The van der Waals surface area contributed by atoms with E-state index in [1.165, 1.54) is 18.9 Å². The summed E-state index contributed by atoms with van der Waals surface area (Å²) in [6.07, 6.45) is 4.67. The molecule has 1 saturated carbocycles. The summed E-state index contributed by atoms with van der Waals surface area (Å²) >= 11 is 3.37. The van der Waals surface area contributed by atoms with E-state index in [1.807, 2.05) is 6.07 Å². The summed E-state index contributed by atoms with van der Waals surface area (Å²) in [6, 6.07) is 5.45. The predicted octanol–water partition coefficient (Wildman–Crippen LogP) is 4.97. The molecule has 1 fully saturated rings. The minimum absolute atomic E-state index is 0.168. The molecule has 1 N–H and O–H groups in total. The lowest BCUT2D eigenvalue weighted by Crippen LogP contribution is -2.30. The van der Waals surface area contributed by atoms with E-state index >= 15 is 0 Å². The van der Waals surface area contributed by atoms with Crippen LogP contribution in [0.1, 0.15) is 39.5 Å². The molecule has 0 aliphatic heterocycles. The molecule has 94 valence electrons. The summed E-state index contributed by atoms with van der Waals surface area (Å²) in [4.78, 5) is 0. The average Bonchev–Trinajstić information content (AvgIpc) is 2.26. The highest BCUT2D eigenvalue weighted by atomic mass is 79.9. The molecule has 0 unspecified atom stereocenters. The second-order valence-electron chi connectivity index (χ2n) is 5.71. The van der Waals surface area contributed by atoms with Gasteiger partial charge in [0.15, 0.2) is 0 Å². The van der Waals surface area contributed by atoms with E-state index in [1.54, 1.807) is 6.07 Å². The number of hydrogen-bond acceptors (Lipinski definition) is 1. The van der Waals surface area contributed by atoms with Crippen molar-refractivity contribution in [2.75, 3.05) is 5.32 Å². The summed E-state index contributed by atoms with van der Waals surface area (Å²) in [5.74, 6) is -0.168. The Balaban J connectivity index is 2.00. The van der Waals surface area contributed by atoms with Crippen molar-refractivity contribution >= 4 is 21.6 Å². The molecular weight excluding hydrogens is 281 g/mol. The van der Waals surface area contributed by atoms with Gasteiger partial charge in [-0.2, -0.15) is 0 Å². The van der Waals surface area contributed by atoms with Crippen LogP contribution in [0.5, 0.6) is 0 Å². The second-order valence-corrected chi connectivity index (χ2v) is 6.62. The van der Waals surface area contributed by atoms with Crippen LogP contribution in [0.2, 0.25) is 0 Å². The first-order valence-corrected chi connectivity index (χ1v) is 6.97. The van der Waals surface area contributed by atoms with E-state index in [-0.39, 0.29) is 5.82 Å². The van der Waals surface area contributed by atoms with Crippen LogP contribution >= 0.6 is 15.9 Å². The minimum Gasteiger partial charge on any atom is -0.380 e. The van der Waals surface area contributed by atoms with Gasteiger partial charge >= 0.3 is 0 Å². The Morgan fingerprint density at radius 3 is 2.59 bits per heavy atom. The molecule has 1 aliphatic rings. The van der Waals surface area contributed by atoms with E-state index < -0.39 is 0 Å². The summed E-state index contributed by atoms with van der Waals surface area (Å²) < 4.78 is 14.5. The van der Waals surface area contributed by atoms with Crippen molar-refractivity contribution in [3.63, 3.8) is 0 Å². The van der Waals surface area contributed by atoms with Gasteiger partial charge in [0, 0.05) is 10.5 Å². The highest BCUT2D eigenvalue weighted by Crippen LogP contribution is 2.36. The van der Waals surface area contributed by atoms with Gasteiger partial charge in [-0.15, -0.1) is 0 Å². The molecule has 0 amide bonds. The number of nitrogens with one attached hydrogen (secondary N) is 1. The fourth-order valence-corrected chi connectivity index (χ4v) is 2.73. The first-order valence-electron chi connectivity index (χ1n) is 6.18. The van der Waals surface area contributed by atoms with Gasteiger partial charge in [-0.05, 0) is 49.3 Å². The third kappa shape index (κ3) is 3.44. The third-order valence-electron chi connectivity index (χ3n) is 3.63. The number of rotatable bonds is 2.